The van der Waals surface area contributed by atoms with Crippen molar-refractivity contribution in [3.8, 4) is 0 Å². The summed E-state index contributed by atoms with van der Waals surface area (Å²) in [5.41, 5.74) is 4.45. The molecule has 0 radical (unpaired) electrons. The van der Waals surface area contributed by atoms with Crippen LogP contribution in [0.1, 0.15) is 18.2 Å². The number of sulfone groups is 1. The van der Waals surface area contributed by atoms with Gasteiger partial charge >= 0.3 is 0 Å². The Bertz CT molecular complexity index is 624. The number of nitrogens with zero attached hydrogens (tertiary/aromatic N) is 1. The lowest BCUT2D eigenvalue weighted by Gasteiger charge is -2.15. The molecule has 0 aliphatic carbocycles. The van der Waals surface area contributed by atoms with Gasteiger partial charge in [-0.25, -0.2) is 12.8 Å². The van der Waals surface area contributed by atoms with Crippen LogP contribution in [0.25, 0.3) is 0 Å². The molecule has 1 atom stereocenters. The highest BCUT2D eigenvalue weighted by atomic mass is 32.2. The summed E-state index contributed by atoms with van der Waals surface area (Å²) < 4.78 is 35.8. The number of primary amides is 1. The molecule has 2 N–H and O–H groups in total. The summed E-state index contributed by atoms with van der Waals surface area (Å²) in [6, 6.07) is 5.84. The molecule has 1 fully saturated rings. The summed E-state index contributed by atoms with van der Waals surface area (Å²) in [5.74, 6) is -0.319. The molecule has 1 aliphatic heterocycles. The summed E-state index contributed by atoms with van der Waals surface area (Å²) in [4.78, 5) is 22.1. The van der Waals surface area contributed by atoms with E-state index in [1.165, 1.54) is 23.1 Å². The van der Waals surface area contributed by atoms with Crippen molar-refractivity contribution in [2.45, 2.75) is 17.5 Å². The van der Waals surface area contributed by atoms with Gasteiger partial charge in [0.2, 0.25) is 6.41 Å². The van der Waals surface area contributed by atoms with Crippen LogP contribution in [0.4, 0.5) is 4.39 Å². The monoisotopic (exact) mass is 318 g/mol. The third-order valence-corrected chi connectivity index (χ3v) is 4.04. The van der Waals surface area contributed by atoms with Crippen LogP contribution in [0.3, 0.4) is 0 Å². The van der Waals surface area contributed by atoms with Crippen LogP contribution in [-0.4, -0.2) is 51.2 Å². The molecule has 6 nitrogen and oxygen atoms in total. The Morgan fingerprint density at radius 2 is 2.14 bits per heavy atom. The molecule has 2 rings (SSSR count). The van der Waals surface area contributed by atoms with Crippen LogP contribution in [0.5, 0.6) is 0 Å². The van der Waals surface area contributed by atoms with Crippen LogP contribution in [-0.2, 0) is 14.6 Å². The number of rotatable bonds is 2. The third kappa shape index (κ3) is 4.82. The van der Waals surface area contributed by atoms with E-state index in [1.807, 2.05) is 0 Å². The topological polar surface area (TPSA) is 97.5 Å². The van der Waals surface area contributed by atoms with Crippen molar-refractivity contribution < 1.29 is 23.8 Å². The van der Waals surface area contributed by atoms with E-state index in [4.69, 9.17) is 4.79 Å². The van der Waals surface area contributed by atoms with E-state index in [0.717, 1.165) is 6.26 Å². The summed E-state index contributed by atoms with van der Waals surface area (Å²) in [7, 11) is -3.34. The van der Waals surface area contributed by atoms with Gasteiger partial charge in [-0.2, -0.15) is 0 Å². The lowest BCUT2D eigenvalue weighted by Crippen LogP contribution is -2.29. The molecule has 0 saturated carbocycles. The number of likely N-dealkylation sites (tertiary alicyclic amines) is 1. The molecule has 0 unspecified atom stereocenters. The van der Waals surface area contributed by atoms with Crippen molar-refractivity contribution in [2.75, 3.05) is 19.3 Å². The normalized spacial score (nSPS) is 17.8. The van der Waals surface area contributed by atoms with E-state index in [1.54, 1.807) is 6.07 Å². The number of halogens is 1. The Hall–Kier alpha value is -1.96. The fourth-order valence-corrected chi connectivity index (χ4v) is 2.61. The van der Waals surface area contributed by atoms with Crippen molar-refractivity contribution in [3.05, 3.63) is 29.8 Å². The zero-order valence-electron chi connectivity index (χ0n) is 11.5. The number of hydrogen-bond donors (Lipinski definition) is 1. The quantitative estimate of drug-likeness (QED) is 0.808. The van der Waals surface area contributed by atoms with Crippen molar-refractivity contribution in [2.24, 2.45) is 5.73 Å². The van der Waals surface area contributed by atoms with Gasteiger partial charge in [-0.3, -0.25) is 9.59 Å². The van der Waals surface area contributed by atoms with Crippen LogP contribution in [0.2, 0.25) is 0 Å². The van der Waals surface area contributed by atoms with Crippen LogP contribution < -0.4 is 5.73 Å². The SMILES string of the molecule is CS(=O)(=O)c1cccc(C(=O)N2CC[C@H](F)C2)c1.NC=O.[HH]. The molecule has 1 aromatic carbocycles. The van der Waals surface area contributed by atoms with E-state index < -0.39 is 16.0 Å². The fourth-order valence-electron chi connectivity index (χ4n) is 1.94. The van der Waals surface area contributed by atoms with Crippen molar-refractivity contribution in [1.29, 1.82) is 0 Å². The lowest BCUT2D eigenvalue weighted by atomic mass is 10.2. The predicted molar refractivity (Wildman–Crippen MR) is 77.3 cm³/mol. The summed E-state index contributed by atoms with van der Waals surface area (Å²) in [6.45, 7) is 0.463. The van der Waals surface area contributed by atoms with Crippen molar-refractivity contribution >= 4 is 22.2 Å². The fraction of sp³-hybridized carbons (Fsp3) is 0.385. The van der Waals surface area contributed by atoms with Gasteiger partial charge in [0.15, 0.2) is 9.84 Å². The molecule has 1 aliphatic rings. The Balaban J connectivity index is 0.00000102. The Morgan fingerprint density at radius 3 is 2.62 bits per heavy atom. The minimum Gasteiger partial charge on any atom is -0.372 e. The van der Waals surface area contributed by atoms with Gasteiger partial charge in [0.25, 0.3) is 5.91 Å². The van der Waals surface area contributed by atoms with Crippen molar-refractivity contribution in [3.63, 3.8) is 0 Å². The summed E-state index contributed by atoms with van der Waals surface area (Å²) in [6.07, 6.45) is 0.702. The zero-order valence-corrected chi connectivity index (χ0v) is 12.3. The number of carbonyl (C=O) groups is 2. The van der Waals surface area contributed by atoms with Crippen molar-refractivity contribution in [1.82, 2.24) is 4.90 Å². The largest absolute Gasteiger partial charge is 0.372 e. The van der Waals surface area contributed by atoms with E-state index in [0.29, 0.717) is 13.0 Å². The van der Waals surface area contributed by atoms with E-state index >= 15 is 0 Å². The zero-order chi connectivity index (χ0) is 16.0. The van der Waals surface area contributed by atoms with E-state index in [9.17, 15) is 17.6 Å². The molecule has 1 saturated heterocycles. The van der Waals surface area contributed by atoms with E-state index in [2.05, 4.69) is 5.73 Å². The Morgan fingerprint density at radius 1 is 1.52 bits per heavy atom. The number of hydrogen-bond acceptors (Lipinski definition) is 4. The molecule has 2 amide bonds. The molecule has 0 bridgehead atoms. The molecule has 1 aromatic rings. The second-order valence-electron chi connectivity index (χ2n) is 4.57. The first-order valence-corrected chi connectivity index (χ1v) is 8.07. The van der Waals surface area contributed by atoms with Crippen LogP contribution in [0.15, 0.2) is 29.2 Å². The highest BCUT2D eigenvalue weighted by molar-refractivity contribution is 7.90. The molecular formula is C13H19FN2O4S. The second kappa shape index (κ2) is 7.16. The van der Waals surface area contributed by atoms with E-state index in [-0.39, 0.29) is 30.7 Å². The van der Waals surface area contributed by atoms with Gasteiger partial charge in [0, 0.05) is 19.8 Å². The minimum atomic E-state index is -3.34. The Labute approximate surface area is 124 Å². The lowest BCUT2D eigenvalue weighted by molar-refractivity contribution is -0.106. The van der Waals surface area contributed by atoms with Gasteiger partial charge in [0.05, 0.1) is 11.4 Å². The first kappa shape index (κ1) is 17.1. The first-order chi connectivity index (χ1) is 9.79. The highest BCUT2D eigenvalue weighted by Gasteiger charge is 2.26. The maximum Gasteiger partial charge on any atom is 0.253 e. The van der Waals surface area contributed by atoms with Gasteiger partial charge in [-0.05, 0) is 24.6 Å². The third-order valence-electron chi connectivity index (χ3n) is 2.93. The molecule has 0 aromatic heterocycles. The number of alkyl halides is 1. The number of nitrogens with two attached hydrogens (primary N) is 1. The molecular weight excluding hydrogens is 299 g/mol. The summed E-state index contributed by atoms with van der Waals surface area (Å²) >= 11 is 0. The number of carbonyl (C=O) groups excluding carboxylic acids is 2. The highest BCUT2D eigenvalue weighted by Crippen LogP contribution is 2.18. The standard InChI is InChI=1S/C12H14FNO3S.CH3NO.H2/c1-18(16,17)11-4-2-3-9(7-11)12(15)14-6-5-10(13)8-14;2-1-3;/h2-4,7,10H,5-6,8H2,1H3;1H,(H2,2,3);1H/t10-;;/m0../s1. The molecule has 21 heavy (non-hydrogen) atoms. The maximum atomic E-state index is 13.0. The first-order valence-electron chi connectivity index (χ1n) is 6.18. The number of amides is 2. The van der Waals surface area contributed by atoms with Gasteiger partial charge in [-0.1, -0.05) is 6.07 Å². The molecule has 1 heterocycles. The van der Waals surface area contributed by atoms with Gasteiger partial charge < -0.3 is 10.6 Å². The summed E-state index contributed by atoms with van der Waals surface area (Å²) in [5, 5.41) is 0. The molecule has 8 heteroatoms. The Kier molecular flexibility index (Phi) is 5.83. The molecule has 0 spiro atoms. The molecule has 118 valence electrons. The maximum absolute atomic E-state index is 13.0. The number of benzene rings is 1. The van der Waals surface area contributed by atoms with Gasteiger partial charge in [0.1, 0.15) is 6.17 Å². The van der Waals surface area contributed by atoms with Crippen LogP contribution in [0, 0.1) is 0 Å². The van der Waals surface area contributed by atoms with Crippen LogP contribution >= 0.6 is 0 Å². The predicted octanol–water partition coefficient (Wildman–Crippen LogP) is 0.622. The average molecular weight is 318 g/mol. The smallest absolute Gasteiger partial charge is 0.253 e. The second-order valence-corrected chi connectivity index (χ2v) is 6.59. The average Bonchev–Trinajstić information content (AvgIpc) is 2.85. The minimum absolute atomic E-state index is 0. The van der Waals surface area contributed by atoms with Gasteiger partial charge in [-0.15, -0.1) is 0 Å².